The average Bonchev–Trinajstić information content (AvgIpc) is 3.27. The molecule has 1 unspecified atom stereocenters. The summed E-state index contributed by atoms with van der Waals surface area (Å²) in [7, 11) is 3.50. The molecule has 26 heavy (non-hydrogen) atoms. The van der Waals surface area contributed by atoms with Gasteiger partial charge in [-0.05, 0) is 18.6 Å². The first-order valence-electron chi connectivity index (χ1n) is 8.62. The van der Waals surface area contributed by atoms with Gasteiger partial charge in [0.15, 0.2) is 17.4 Å². The third kappa shape index (κ3) is 5.27. The van der Waals surface area contributed by atoms with Crippen molar-refractivity contribution in [2.45, 2.75) is 13.0 Å². The maximum Gasteiger partial charge on any atom is 0.194 e. The van der Waals surface area contributed by atoms with Crippen LogP contribution in [0.1, 0.15) is 12.2 Å². The summed E-state index contributed by atoms with van der Waals surface area (Å²) in [4.78, 5) is 6.68. The Hall–Kier alpha value is -1.46. The monoisotopic (exact) mass is 474 g/mol. The Kier molecular flexibility index (Phi) is 8.52. The van der Waals surface area contributed by atoms with Gasteiger partial charge >= 0.3 is 0 Å². The van der Waals surface area contributed by atoms with Crippen molar-refractivity contribution in [2.75, 3.05) is 47.1 Å². The maximum absolute atomic E-state index is 5.65. The third-order valence-electron chi connectivity index (χ3n) is 4.37. The summed E-state index contributed by atoms with van der Waals surface area (Å²) in [5.74, 6) is 2.30. The van der Waals surface area contributed by atoms with Gasteiger partial charge < -0.3 is 19.7 Å². The van der Waals surface area contributed by atoms with Crippen LogP contribution in [0.4, 0.5) is 0 Å². The predicted molar refractivity (Wildman–Crippen MR) is 111 cm³/mol. The lowest BCUT2D eigenvalue weighted by atomic mass is 10.1. The minimum absolute atomic E-state index is 0. The molecule has 3 rings (SSSR count). The number of hydrogen-bond donors (Lipinski definition) is 1. The molecule has 1 atom stereocenters. The molecular formula is C17H27IN6O2. The highest BCUT2D eigenvalue weighted by atomic mass is 127. The van der Waals surface area contributed by atoms with Crippen molar-refractivity contribution in [1.29, 1.82) is 0 Å². The van der Waals surface area contributed by atoms with E-state index in [1.807, 2.05) is 35.8 Å². The fraction of sp³-hybridized carbons (Fsp3) is 0.588. The first kappa shape index (κ1) is 20.8. The number of fused-ring (bicyclic) bond motifs is 1. The fourth-order valence-corrected chi connectivity index (χ4v) is 3.06. The summed E-state index contributed by atoms with van der Waals surface area (Å²) < 4.78 is 12.6. The molecule has 8 nitrogen and oxygen atoms in total. The summed E-state index contributed by atoms with van der Waals surface area (Å²) in [5, 5.41) is 11.8. The van der Waals surface area contributed by atoms with Gasteiger partial charge in [0, 0.05) is 39.4 Å². The van der Waals surface area contributed by atoms with Crippen LogP contribution in [0.3, 0.4) is 0 Å². The highest BCUT2D eigenvalue weighted by Gasteiger charge is 2.25. The number of aromatic nitrogens is 3. The lowest BCUT2D eigenvalue weighted by Crippen LogP contribution is -2.40. The number of ether oxygens (including phenoxy) is 2. The first-order chi connectivity index (χ1) is 12.3. The Bertz CT molecular complexity index is 707. The Morgan fingerprint density at radius 2 is 2.23 bits per heavy atom. The number of nitrogens with zero attached hydrogens (tertiary/aromatic N) is 5. The van der Waals surface area contributed by atoms with Crippen molar-refractivity contribution >= 4 is 35.6 Å². The minimum Gasteiger partial charge on any atom is -0.382 e. The molecular weight excluding hydrogens is 447 g/mol. The molecule has 0 radical (unpaired) electrons. The van der Waals surface area contributed by atoms with Gasteiger partial charge in [0.2, 0.25) is 0 Å². The van der Waals surface area contributed by atoms with Gasteiger partial charge in [-0.15, -0.1) is 34.2 Å². The van der Waals surface area contributed by atoms with Gasteiger partial charge in [0.05, 0.1) is 26.4 Å². The molecule has 0 aliphatic carbocycles. The van der Waals surface area contributed by atoms with E-state index < -0.39 is 0 Å². The number of rotatable bonds is 7. The Morgan fingerprint density at radius 1 is 1.35 bits per heavy atom. The third-order valence-corrected chi connectivity index (χ3v) is 4.37. The van der Waals surface area contributed by atoms with E-state index in [0.29, 0.717) is 25.7 Å². The molecule has 0 amide bonds. The van der Waals surface area contributed by atoms with E-state index in [-0.39, 0.29) is 24.0 Å². The van der Waals surface area contributed by atoms with Crippen LogP contribution in [0.5, 0.6) is 0 Å². The predicted octanol–water partition coefficient (Wildman–Crippen LogP) is 1.41. The van der Waals surface area contributed by atoms with Crippen LogP contribution in [-0.4, -0.2) is 72.5 Å². The second-order valence-corrected chi connectivity index (χ2v) is 6.11. The molecule has 9 heteroatoms. The van der Waals surface area contributed by atoms with Crippen molar-refractivity contribution in [3.8, 4) is 0 Å². The number of likely N-dealkylation sites (tertiary alicyclic amines) is 1. The van der Waals surface area contributed by atoms with Gasteiger partial charge in [-0.25, -0.2) is 0 Å². The van der Waals surface area contributed by atoms with E-state index >= 15 is 0 Å². The number of aliphatic imine (C=N–C) groups is 1. The fourth-order valence-electron chi connectivity index (χ4n) is 3.06. The van der Waals surface area contributed by atoms with Gasteiger partial charge in [-0.1, -0.05) is 6.07 Å². The maximum atomic E-state index is 5.65. The zero-order chi connectivity index (χ0) is 17.5. The smallest absolute Gasteiger partial charge is 0.194 e. The molecule has 1 saturated heterocycles. The lowest BCUT2D eigenvalue weighted by molar-refractivity contribution is 0.0536. The SMILES string of the molecule is CN=C(NCc1nnc2ccccn12)N1CCC(COCCOC)C1.I. The van der Waals surface area contributed by atoms with Crippen LogP contribution >= 0.6 is 24.0 Å². The molecule has 0 saturated carbocycles. The average molecular weight is 474 g/mol. The number of hydrogen-bond acceptors (Lipinski definition) is 5. The van der Waals surface area contributed by atoms with E-state index in [2.05, 4.69) is 25.4 Å². The highest BCUT2D eigenvalue weighted by Crippen LogP contribution is 2.16. The lowest BCUT2D eigenvalue weighted by Gasteiger charge is -2.21. The zero-order valence-electron chi connectivity index (χ0n) is 15.3. The number of nitrogens with one attached hydrogen (secondary N) is 1. The molecule has 1 aliphatic rings. The van der Waals surface area contributed by atoms with Gasteiger partial charge in [0.1, 0.15) is 0 Å². The number of methoxy groups -OCH3 is 1. The Morgan fingerprint density at radius 3 is 3.04 bits per heavy atom. The van der Waals surface area contributed by atoms with Gasteiger partial charge in [0.25, 0.3) is 0 Å². The molecule has 1 fully saturated rings. The molecule has 1 N–H and O–H groups in total. The van der Waals surface area contributed by atoms with Crippen LogP contribution < -0.4 is 5.32 Å². The van der Waals surface area contributed by atoms with Crippen molar-refractivity contribution in [1.82, 2.24) is 24.8 Å². The summed E-state index contributed by atoms with van der Waals surface area (Å²) in [5.41, 5.74) is 0.851. The van der Waals surface area contributed by atoms with Crippen LogP contribution in [0.2, 0.25) is 0 Å². The number of pyridine rings is 1. The van der Waals surface area contributed by atoms with E-state index in [4.69, 9.17) is 9.47 Å². The molecule has 2 aromatic rings. The zero-order valence-corrected chi connectivity index (χ0v) is 17.6. The van der Waals surface area contributed by atoms with Crippen LogP contribution in [0, 0.1) is 5.92 Å². The summed E-state index contributed by atoms with van der Waals surface area (Å²) in [6, 6.07) is 5.88. The Labute approximate surface area is 171 Å². The van der Waals surface area contributed by atoms with Crippen LogP contribution in [0.15, 0.2) is 29.4 Å². The topological polar surface area (TPSA) is 76.3 Å². The van der Waals surface area contributed by atoms with Crippen molar-refractivity contribution in [2.24, 2.45) is 10.9 Å². The van der Waals surface area contributed by atoms with Crippen molar-refractivity contribution in [3.05, 3.63) is 30.2 Å². The largest absolute Gasteiger partial charge is 0.382 e. The molecule has 0 aromatic carbocycles. The molecule has 2 aromatic heterocycles. The van der Waals surface area contributed by atoms with E-state index in [1.54, 1.807) is 7.11 Å². The molecule has 144 valence electrons. The second kappa shape index (κ2) is 10.6. The normalized spacial score (nSPS) is 17.5. The highest BCUT2D eigenvalue weighted by molar-refractivity contribution is 14.0. The van der Waals surface area contributed by atoms with E-state index in [0.717, 1.165) is 43.5 Å². The minimum atomic E-state index is 0. The number of halogens is 1. The van der Waals surface area contributed by atoms with Gasteiger partial charge in [-0.2, -0.15) is 0 Å². The number of guanidine groups is 1. The van der Waals surface area contributed by atoms with Crippen molar-refractivity contribution in [3.63, 3.8) is 0 Å². The summed E-state index contributed by atoms with van der Waals surface area (Å²) >= 11 is 0. The molecule has 0 bridgehead atoms. The molecule has 3 heterocycles. The quantitative estimate of drug-likeness (QED) is 0.283. The summed E-state index contributed by atoms with van der Waals surface area (Å²) in [6.07, 6.45) is 3.08. The summed E-state index contributed by atoms with van der Waals surface area (Å²) in [6.45, 7) is 4.59. The van der Waals surface area contributed by atoms with Crippen LogP contribution in [0.25, 0.3) is 5.65 Å². The van der Waals surface area contributed by atoms with E-state index in [1.165, 1.54) is 0 Å². The first-order valence-corrected chi connectivity index (χ1v) is 8.62. The van der Waals surface area contributed by atoms with Crippen molar-refractivity contribution < 1.29 is 9.47 Å². The van der Waals surface area contributed by atoms with E-state index in [9.17, 15) is 0 Å². The molecule has 1 aliphatic heterocycles. The van der Waals surface area contributed by atoms with Gasteiger partial charge in [-0.3, -0.25) is 9.39 Å². The molecule has 0 spiro atoms. The van der Waals surface area contributed by atoms with Crippen LogP contribution in [-0.2, 0) is 16.0 Å². The Balaban J connectivity index is 0.00000243. The standard InChI is InChI=1S/C17H26N6O2.HI/c1-18-17(22-8-6-14(12-22)13-25-10-9-24-2)19-11-16-21-20-15-5-3-4-7-23(15)16;/h3-5,7,14H,6,8-13H2,1-2H3,(H,18,19);1H. The second-order valence-electron chi connectivity index (χ2n) is 6.11.